The highest BCUT2D eigenvalue weighted by atomic mass is 35.5. The van der Waals surface area contributed by atoms with E-state index in [9.17, 15) is 4.79 Å². The minimum absolute atomic E-state index is 0. The number of carbonyl (C=O) groups excluding carboxylic acids is 1. The Kier molecular flexibility index (Phi) is 6.41. The minimum atomic E-state index is -0.103. The van der Waals surface area contributed by atoms with Gasteiger partial charge in [-0.15, -0.1) is 12.4 Å². The van der Waals surface area contributed by atoms with Crippen molar-refractivity contribution in [3.8, 4) is 5.75 Å². The second kappa shape index (κ2) is 8.05. The molecule has 0 fully saturated rings. The molecule has 0 aliphatic rings. The standard InChI is InChI=1S/C16H17N3O2.ClH/c1-11(20)19-14-6-8-15(9-7-14)21-10-12-2-4-13(5-3-12)16(17)18;/h2-9H,10H2,1H3,(H3,17,18)(H,19,20);1H. The van der Waals surface area contributed by atoms with Gasteiger partial charge in [0.05, 0.1) is 0 Å². The Morgan fingerprint density at radius 2 is 1.73 bits per heavy atom. The van der Waals surface area contributed by atoms with Crippen molar-refractivity contribution in [1.29, 1.82) is 5.41 Å². The lowest BCUT2D eigenvalue weighted by molar-refractivity contribution is -0.114. The van der Waals surface area contributed by atoms with E-state index < -0.39 is 0 Å². The number of anilines is 1. The van der Waals surface area contributed by atoms with Gasteiger partial charge in [-0.05, 0) is 29.8 Å². The number of carbonyl (C=O) groups is 1. The van der Waals surface area contributed by atoms with Crippen molar-refractivity contribution in [2.75, 3.05) is 5.32 Å². The predicted octanol–water partition coefficient (Wildman–Crippen LogP) is 2.93. The van der Waals surface area contributed by atoms with Gasteiger partial charge >= 0.3 is 0 Å². The number of benzene rings is 2. The number of hydrogen-bond acceptors (Lipinski definition) is 3. The summed E-state index contributed by atoms with van der Waals surface area (Å²) in [5.41, 5.74) is 7.82. The number of ether oxygens (including phenoxy) is 1. The molecular formula is C16H18ClN3O2. The summed E-state index contributed by atoms with van der Waals surface area (Å²) in [4.78, 5) is 10.9. The van der Waals surface area contributed by atoms with Crippen molar-refractivity contribution in [1.82, 2.24) is 0 Å². The molecule has 2 rings (SSSR count). The summed E-state index contributed by atoms with van der Waals surface area (Å²) in [5.74, 6) is 0.671. The number of halogens is 1. The monoisotopic (exact) mass is 319 g/mol. The third kappa shape index (κ3) is 5.10. The molecule has 0 saturated heterocycles. The third-order valence-electron chi connectivity index (χ3n) is 2.85. The molecule has 0 spiro atoms. The molecule has 0 aliphatic heterocycles. The molecule has 2 aromatic rings. The largest absolute Gasteiger partial charge is 0.489 e. The average molecular weight is 320 g/mol. The molecule has 1 amide bonds. The normalized spacial score (nSPS) is 9.50. The Bertz CT molecular complexity index is 639. The smallest absolute Gasteiger partial charge is 0.221 e. The maximum absolute atomic E-state index is 10.9. The number of amides is 1. The molecule has 6 heteroatoms. The Labute approximate surface area is 135 Å². The maximum Gasteiger partial charge on any atom is 0.221 e. The molecule has 2 aromatic carbocycles. The van der Waals surface area contributed by atoms with Crippen LogP contribution >= 0.6 is 12.4 Å². The Morgan fingerprint density at radius 1 is 1.14 bits per heavy atom. The average Bonchev–Trinajstić information content (AvgIpc) is 2.46. The summed E-state index contributed by atoms with van der Waals surface area (Å²) in [7, 11) is 0. The SMILES string of the molecule is CC(=O)Nc1ccc(OCc2ccc(C(=N)N)cc2)cc1.Cl. The maximum atomic E-state index is 10.9. The van der Waals surface area contributed by atoms with E-state index in [-0.39, 0.29) is 24.1 Å². The van der Waals surface area contributed by atoms with E-state index in [1.807, 2.05) is 12.1 Å². The molecule has 4 N–H and O–H groups in total. The van der Waals surface area contributed by atoms with Gasteiger partial charge in [0.25, 0.3) is 0 Å². The van der Waals surface area contributed by atoms with Crippen LogP contribution in [0.1, 0.15) is 18.1 Å². The van der Waals surface area contributed by atoms with Crippen LogP contribution in [0.25, 0.3) is 0 Å². The molecule has 0 bridgehead atoms. The zero-order chi connectivity index (χ0) is 15.2. The minimum Gasteiger partial charge on any atom is -0.489 e. The Hall–Kier alpha value is -2.53. The van der Waals surface area contributed by atoms with Gasteiger partial charge in [0.2, 0.25) is 5.91 Å². The first kappa shape index (κ1) is 17.5. The summed E-state index contributed by atoms with van der Waals surface area (Å²) in [6, 6.07) is 14.5. The molecule has 0 aromatic heterocycles. The second-order valence-corrected chi connectivity index (χ2v) is 4.60. The zero-order valence-corrected chi connectivity index (χ0v) is 12.9. The first-order chi connectivity index (χ1) is 10.0. The van der Waals surface area contributed by atoms with Gasteiger partial charge in [0.1, 0.15) is 18.2 Å². The van der Waals surface area contributed by atoms with Crippen LogP contribution in [0.3, 0.4) is 0 Å². The molecule has 0 unspecified atom stereocenters. The van der Waals surface area contributed by atoms with E-state index >= 15 is 0 Å². The molecule has 0 aliphatic carbocycles. The quantitative estimate of drug-likeness (QED) is 0.585. The predicted molar refractivity (Wildman–Crippen MR) is 89.8 cm³/mol. The number of amidine groups is 1. The first-order valence-corrected chi connectivity index (χ1v) is 6.48. The molecule has 0 radical (unpaired) electrons. The van der Waals surface area contributed by atoms with E-state index in [0.29, 0.717) is 12.2 Å². The third-order valence-corrected chi connectivity index (χ3v) is 2.85. The Morgan fingerprint density at radius 3 is 2.23 bits per heavy atom. The van der Waals surface area contributed by atoms with Crippen LogP contribution in [0.4, 0.5) is 5.69 Å². The molecule has 0 atom stereocenters. The molecule has 116 valence electrons. The highest BCUT2D eigenvalue weighted by Crippen LogP contribution is 2.17. The van der Waals surface area contributed by atoms with Crippen LogP contribution in [0.15, 0.2) is 48.5 Å². The fraction of sp³-hybridized carbons (Fsp3) is 0.125. The topological polar surface area (TPSA) is 88.2 Å². The van der Waals surface area contributed by atoms with Gasteiger partial charge in [-0.2, -0.15) is 0 Å². The lowest BCUT2D eigenvalue weighted by Crippen LogP contribution is -2.10. The first-order valence-electron chi connectivity index (χ1n) is 6.48. The Balaban J connectivity index is 0.00000242. The van der Waals surface area contributed by atoms with E-state index in [2.05, 4.69) is 5.32 Å². The molecule has 0 heterocycles. The molecule has 5 nitrogen and oxygen atoms in total. The van der Waals surface area contributed by atoms with Crippen molar-refractivity contribution in [3.05, 3.63) is 59.7 Å². The fourth-order valence-electron chi connectivity index (χ4n) is 1.78. The lowest BCUT2D eigenvalue weighted by atomic mass is 10.1. The van der Waals surface area contributed by atoms with Crippen molar-refractivity contribution in [3.63, 3.8) is 0 Å². The number of nitrogens with one attached hydrogen (secondary N) is 2. The van der Waals surface area contributed by atoms with Gasteiger partial charge in [-0.25, -0.2) is 0 Å². The summed E-state index contributed by atoms with van der Waals surface area (Å²) < 4.78 is 5.65. The number of nitrogen functional groups attached to an aromatic ring is 1. The number of rotatable bonds is 5. The molecule has 22 heavy (non-hydrogen) atoms. The highest BCUT2D eigenvalue weighted by Gasteiger charge is 2.00. The summed E-state index contributed by atoms with van der Waals surface area (Å²) in [5, 5.41) is 10.0. The van der Waals surface area contributed by atoms with E-state index in [1.165, 1.54) is 6.92 Å². The van der Waals surface area contributed by atoms with Crippen molar-refractivity contribution in [2.45, 2.75) is 13.5 Å². The number of nitrogens with two attached hydrogens (primary N) is 1. The van der Waals surface area contributed by atoms with E-state index in [1.54, 1.807) is 36.4 Å². The van der Waals surface area contributed by atoms with Crippen LogP contribution in [0.2, 0.25) is 0 Å². The summed E-state index contributed by atoms with van der Waals surface area (Å²) in [6.45, 7) is 1.90. The fourth-order valence-corrected chi connectivity index (χ4v) is 1.78. The molecular weight excluding hydrogens is 302 g/mol. The second-order valence-electron chi connectivity index (χ2n) is 4.60. The van der Waals surface area contributed by atoms with Crippen molar-refractivity contribution < 1.29 is 9.53 Å². The summed E-state index contributed by atoms with van der Waals surface area (Å²) >= 11 is 0. The van der Waals surface area contributed by atoms with E-state index in [0.717, 1.165) is 17.0 Å². The van der Waals surface area contributed by atoms with Gasteiger partial charge < -0.3 is 15.8 Å². The van der Waals surface area contributed by atoms with Gasteiger partial charge in [0.15, 0.2) is 0 Å². The van der Waals surface area contributed by atoms with Crippen LogP contribution < -0.4 is 15.8 Å². The van der Waals surface area contributed by atoms with Gasteiger partial charge in [-0.3, -0.25) is 10.2 Å². The zero-order valence-electron chi connectivity index (χ0n) is 12.1. The van der Waals surface area contributed by atoms with Gasteiger partial charge in [-0.1, -0.05) is 24.3 Å². The molecule has 0 saturated carbocycles. The summed E-state index contributed by atoms with van der Waals surface area (Å²) in [6.07, 6.45) is 0. The van der Waals surface area contributed by atoms with Crippen LogP contribution in [-0.2, 0) is 11.4 Å². The van der Waals surface area contributed by atoms with Crippen LogP contribution in [-0.4, -0.2) is 11.7 Å². The lowest BCUT2D eigenvalue weighted by Gasteiger charge is -2.08. The van der Waals surface area contributed by atoms with Gasteiger partial charge in [0, 0.05) is 18.2 Å². The highest BCUT2D eigenvalue weighted by molar-refractivity contribution is 5.94. The van der Waals surface area contributed by atoms with Crippen LogP contribution in [0, 0.1) is 5.41 Å². The van der Waals surface area contributed by atoms with E-state index in [4.69, 9.17) is 15.9 Å². The van der Waals surface area contributed by atoms with Crippen molar-refractivity contribution >= 4 is 29.8 Å². The van der Waals surface area contributed by atoms with Crippen molar-refractivity contribution in [2.24, 2.45) is 5.73 Å². The van der Waals surface area contributed by atoms with Crippen LogP contribution in [0.5, 0.6) is 5.75 Å². The number of hydrogen-bond donors (Lipinski definition) is 3.